The summed E-state index contributed by atoms with van der Waals surface area (Å²) >= 11 is 1.16. The standard InChI is InChI=1S/C23H31N7O8S/c24-23(25)26-6-2-5-14-20(35)27-9-17(31)28-15(8-18(32)33)21(36)30-16(22(37)38)11-39-10-12-3-1-4-13(7-12)19(34)29-14/h1,3-4,7,14-16H,2,5-6,8-11H2,(H,27,35)(H,28,31)(H,29,34)(H,30,36)(H,32,33)(H,37,38)(H4,24,25,26)/t14-,15-,16-/m0/s1. The molecule has 1 aliphatic heterocycles. The summed E-state index contributed by atoms with van der Waals surface area (Å²) in [6, 6.07) is 2.47. The zero-order valence-corrected chi connectivity index (χ0v) is 21.7. The molecule has 2 bridgehead atoms. The molecule has 10 N–H and O–H groups in total. The molecule has 15 nitrogen and oxygen atoms in total. The number of benzene rings is 1. The van der Waals surface area contributed by atoms with Gasteiger partial charge in [0, 0.05) is 23.6 Å². The lowest BCUT2D eigenvalue weighted by atomic mass is 10.1. The molecule has 4 amide bonds. The summed E-state index contributed by atoms with van der Waals surface area (Å²) in [5.74, 6) is -5.83. The number of carbonyl (C=O) groups is 6. The van der Waals surface area contributed by atoms with Crippen LogP contribution in [0.15, 0.2) is 29.3 Å². The number of carbonyl (C=O) groups excluding carboxylic acids is 4. The van der Waals surface area contributed by atoms with Gasteiger partial charge < -0.3 is 42.9 Å². The molecule has 0 radical (unpaired) electrons. The van der Waals surface area contributed by atoms with E-state index < -0.39 is 66.7 Å². The highest BCUT2D eigenvalue weighted by Crippen LogP contribution is 2.16. The lowest BCUT2D eigenvalue weighted by Gasteiger charge is -2.22. The Morgan fingerprint density at radius 1 is 1.03 bits per heavy atom. The van der Waals surface area contributed by atoms with E-state index >= 15 is 0 Å². The lowest BCUT2D eigenvalue weighted by Crippen LogP contribution is -2.55. The predicted octanol–water partition coefficient (Wildman–Crippen LogP) is -2.27. The number of carboxylic acid groups (broad SMARTS) is 2. The number of hydrogen-bond acceptors (Lipinski definition) is 8. The molecule has 2 rings (SSSR count). The number of nitrogens with one attached hydrogen (secondary N) is 4. The highest BCUT2D eigenvalue weighted by Gasteiger charge is 2.29. The summed E-state index contributed by atoms with van der Waals surface area (Å²) < 4.78 is 0. The molecule has 1 aliphatic rings. The zero-order valence-electron chi connectivity index (χ0n) is 20.8. The molecule has 0 unspecified atom stereocenters. The second kappa shape index (κ2) is 15.2. The number of amides is 4. The third kappa shape index (κ3) is 10.9. The second-order valence-electron chi connectivity index (χ2n) is 8.53. The first-order valence-electron chi connectivity index (χ1n) is 11.8. The Morgan fingerprint density at radius 2 is 1.77 bits per heavy atom. The van der Waals surface area contributed by atoms with Crippen LogP contribution < -0.4 is 32.7 Å². The largest absolute Gasteiger partial charge is 0.481 e. The Kier molecular flexibility index (Phi) is 12.0. The van der Waals surface area contributed by atoms with E-state index in [1.165, 1.54) is 0 Å². The fourth-order valence-electron chi connectivity index (χ4n) is 3.48. The van der Waals surface area contributed by atoms with Crippen LogP contribution in [-0.2, 0) is 29.7 Å². The van der Waals surface area contributed by atoms with Gasteiger partial charge in [-0.15, -0.1) is 0 Å². The Bertz CT molecular complexity index is 1130. The summed E-state index contributed by atoms with van der Waals surface area (Å²) in [7, 11) is 0. The van der Waals surface area contributed by atoms with Crippen molar-refractivity contribution in [2.45, 2.75) is 43.1 Å². The van der Waals surface area contributed by atoms with Gasteiger partial charge in [-0.3, -0.25) is 29.0 Å². The van der Waals surface area contributed by atoms with E-state index in [9.17, 15) is 33.9 Å². The van der Waals surface area contributed by atoms with E-state index in [0.29, 0.717) is 17.7 Å². The zero-order chi connectivity index (χ0) is 28.9. The number of nitrogens with zero attached hydrogens (tertiary/aromatic N) is 1. The number of aliphatic imine (C=N–C) groups is 1. The maximum Gasteiger partial charge on any atom is 0.327 e. The molecule has 0 fully saturated rings. The molecule has 1 aromatic rings. The molecule has 0 saturated heterocycles. The monoisotopic (exact) mass is 565 g/mol. The Labute approximate surface area is 227 Å². The van der Waals surface area contributed by atoms with Gasteiger partial charge in [0.15, 0.2) is 5.96 Å². The van der Waals surface area contributed by atoms with E-state index in [-0.39, 0.29) is 30.2 Å². The summed E-state index contributed by atoms with van der Waals surface area (Å²) in [5, 5.41) is 28.1. The maximum absolute atomic E-state index is 12.9. The third-order valence-electron chi connectivity index (χ3n) is 5.38. The van der Waals surface area contributed by atoms with Crippen LogP contribution in [0.5, 0.6) is 0 Å². The number of rotatable bonds is 7. The van der Waals surface area contributed by atoms with Crippen molar-refractivity contribution >= 4 is 53.3 Å². The minimum Gasteiger partial charge on any atom is -0.481 e. The molecule has 39 heavy (non-hydrogen) atoms. The van der Waals surface area contributed by atoms with Crippen LogP contribution >= 0.6 is 11.8 Å². The molecule has 1 aromatic carbocycles. The van der Waals surface area contributed by atoms with Crippen LogP contribution in [-0.4, -0.2) is 88.7 Å². The van der Waals surface area contributed by atoms with Crippen LogP contribution in [0.1, 0.15) is 35.2 Å². The fraction of sp³-hybridized carbons (Fsp3) is 0.435. The maximum atomic E-state index is 12.9. The fourth-order valence-corrected chi connectivity index (χ4v) is 4.47. The predicted molar refractivity (Wildman–Crippen MR) is 141 cm³/mol. The van der Waals surface area contributed by atoms with E-state index in [1.54, 1.807) is 24.3 Å². The smallest absolute Gasteiger partial charge is 0.327 e. The molecule has 0 aromatic heterocycles. The number of hydrogen-bond donors (Lipinski definition) is 8. The van der Waals surface area contributed by atoms with Gasteiger partial charge in [0.2, 0.25) is 17.7 Å². The number of thioether (sulfide) groups is 1. The molecule has 3 atom stereocenters. The molecule has 0 aliphatic carbocycles. The van der Waals surface area contributed by atoms with Crippen molar-refractivity contribution in [3.63, 3.8) is 0 Å². The second-order valence-corrected chi connectivity index (χ2v) is 9.56. The average molecular weight is 566 g/mol. The van der Waals surface area contributed by atoms with Crippen LogP contribution in [0, 0.1) is 0 Å². The Morgan fingerprint density at radius 3 is 2.44 bits per heavy atom. The van der Waals surface area contributed by atoms with E-state index in [1.807, 2.05) is 0 Å². The molecule has 0 spiro atoms. The van der Waals surface area contributed by atoms with Crippen molar-refractivity contribution in [3.05, 3.63) is 35.4 Å². The van der Waals surface area contributed by atoms with Gasteiger partial charge in [0.1, 0.15) is 18.1 Å². The Hall–Kier alpha value is -4.34. The van der Waals surface area contributed by atoms with Crippen molar-refractivity contribution in [2.75, 3.05) is 18.8 Å². The van der Waals surface area contributed by atoms with E-state index in [0.717, 1.165) is 11.8 Å². The van der Waals surface area contributed by atoms with Crippen LogP contribution in [0.3, 0.4) is 0 Å². The van der Waals surface area contributed by atoms with Crippen molar-refractivity contribution < 1.29 is 39.0 Å². The average Bonchev–Trinajstić information content (AvgIpc) is 2.87. The minimum atomic E-state index is -1.59. The first-order valence-corrected chi connectivity index (χ1v) is 13.0. The normalized spacial score (nSPS) is 21.2. The van der Waals surface area contributed by atoms with E-state index in [2.05, 4.69) is 26.3 Å². The Balaban J connectivity index is 2.32. The first-order chi connectivity index (χ1) is 18.5. The number of nitrogens with two attached hydrogens (primary N) is 2. The number of carboxylic acids is 2. The van der Waals surface area contributed by atoms with Gasteiger partial charge >= 0.3 is 11.9 Å². The van der Waals surface area contributed by atoms with Gasteiger partial charge in [0.05, 0.1) is 13.0 Å². The van der Waals surface area contributed by atoms with Crippen molar-refractivity contribution in [2.24, 2.45) is 16.5 Å². The quantitative estimate of drug-likeness (QED) is 0.0993. The lowest BCUT2D eigenvalue weighted by molar-refractivity contribution is -0.143. The molecular weight excluding hydrogens is 534 g/mol. The topological polar surface area (TPSA) is 255 Å². The molecule has 0 saturated carbocycles. The van der Waals surface area contributed by atoms with Gasteiger partial charge in [-0.05, 0) is 30.5 Å². The van der Waals surface area contributed by atoms with Crippen LogP contribution in [0.4, 0.5) is 0 Å². The van der Waals surface area contributed by atoms with Crippen molar-refractivity contribution in [1.82, 2.24) is 21.3 Å². The van der Waals surface area contributed by atoms with Gasteiger partial charge in [0.25, 0.3) is 5.91 Å². The molecule has 1 heterocycles. The van der Waals surface area contributed by atoms with E-state index in [4.69, 9.17) is 16.6 Å². The van der Waals surface area contributed by atoms with Crippen LogP contribution in [0.25, 0.3) is 0 Å². The van der Waals surface area contributed by atoms with Crippen molar-refractivity contribution in [1.29, 1.82) is 0 Å². The number of guanidine groups is 1. The SMILES string of the molecule is NC(N)=NCCC[C@@H]1NC(=O)c2cccc(c2)CSC[C@@H](C(=O)O)NC(=O)[C@H](CC(=O)O)NC(=O)CNC1=O. The van der Waals surface area contributed by atoms with Crippen molar-refractivity contribution in [3.8, 4) is 0 Å². The molecule has 16 heteroatoms. The molecular formula is C23H31N7O8S. The number of aliphatic carboxylic acids is 2. The highest BCUT2D eigenvalue weighted by molar-refractivity contribution is 7.98. The summed E-state index contributed by atoms with van der Waals surface area (Å²) in [6.45, 7) is -0.450. The van der Waals surface area contributed by atoms with Gasteiger partial charge in [-0.25, -0.2) is 4.79 Å². The molecule has 212 valence electrons. The number of fused-ring (bicyclic) bond motifs is 2. The highest BCUT2D eigenvalue weighted by atomic mass is 32.2. The summed E-state index contributed by atoms with van der Waals surface area (Å²) in [6.07, 6.45) is -0.363. The van der Waals surface area contributed by atoms with Gasteiger partial charge in [-0.2, -0.15) is 11.8 Å². The minimum absolute atomic E-state index is 0.0703. The van der Waals surface area contributed by atoms with Gasteiger partial charge in [-0.1, -0.05) is 12.1 Å². The summed E-state index contributed by atoms with van der Waals surface area (Å²) in [5.41, 5.74) is 11.6. The summed E-state index contributed by atoms with van der Waals surface area (Å²) in [4.78, 5) is 77.7. The first kappa shape index (κ1) is 30.9. The van der Waals surface area contributed by atoms with Crippen LogP contribution in [0.2, 0.25) is 0 Å². The third-order valence-corrected chi connectivity index (χ3v) is 6.48.